The van der Waals surface area contributed by atoms with Gasteiger partial charge in [0.15, 0.2) is 5.78 Å². The number of carbonyl (C=O) groups excluding carboxylic acids is 2. The van der Waals surface area contributed by atoms with Crippen molar-refractivity contribution in [1.82, 2.24) is 0 Å². The molecule has 1 aromatic rings. The largest absolute Gasteiger partial charge is 0.296 e. The Balaban J connectivity index is 2.80. The van der Waals surface area contributed by atoms with E-state index in [2.05, 4.69) is 0 Å². The lowest BCUT2D eigenvalue weighted by Gasteiger charge is -2.08. The molecule has 0 saturated carbocycles. The molecule has 0 aliphatic rings. The normalized spacial score (nSPS) is 12.5. The summed E-state index contributed by atoms with van der Waals surface area (Å²) in [6.45, 7) is 3.52. The lowest BCUT2D eigenvalue weighted by molar-refractivity contribution is -0.122. The third-order valence-corrected chi connectivity index (χ3v) is 2.23. The zero-order chi connectivity index (χ0) is 13.0. The van der Waals surface area contributed by atoms with Crippen molar-refractivity contribution in [3.63, 3.8) is 0 Å². The van der Waals surface area contributed by atoms with Crippen molar-refractivity contribution in [2.75, 3.05) is 0 Å². The Morgan fingerprint density at radius 3 is 2.47 bits per heavy atom. The van der Waals surface area contributed by atoms with Crippen LogP contribution in [0.5, 0.6) is 0 Å². The number of ketones is 2. The second-order valence-corrected chi connectivity index (χ2v) is 4.30. The topological polar surface area (TPSA) is 34.1 Å². The second kappa shape index (κ2) is 5.66. The molecule has 0 aromatic heterocycles. The zero-order valence-electron chi connectivity index (χ0n) is 9.74. The Morgan fingerprint density at radius 1 is 1.29 bits per heavy atom. The summed E-state index contributed by atoms with van der Waals surface area (Å²) in [7, 11) is 0. The molecule has 0 bridgehead atoms. The SMILES string of the molecule is CC(C)CC(=O)C(F)C(=O)c1cccc(F)c1. The van der Waals surface area contributed by atoms with Crippen LogP contribution in [-0.4, -0.2) is 17.7 Å². The first-order chi connectivity index (χ1) is 7.91. The van der Waals surface area contributed by atoms with E-state index in [1.165, 1.54) is 12.1 Å². The molecule has 1 aromatic carbocycles. The smallest absolute Gasteiger partial charge is 0.220 e. The molecule has 0 aliphatic carbocycles. The highest BCUT2D eigenvalue weighted by atomic mass is 19.1. The van der Waals surface area contributed by atoms with Gasteiger partial charge in [-0.3, -0.25) is 9.59 Å². The van der Waals surface area contributed by atoms with E-state index in [1.807, 2.05) is 0 Å². The summed E-state index contributed by atoms with van der Waals surface area (Å²) in [6, 6.07) is 4.68. The molecule has 92 valence electrons. The standard InChI is InChI=1S/C13H14F2O2/c1-8(2)6-11(16)12(15)13(17)9-4-3-5-10(14)7-9/h3-5,7-8,12H,6H2,1-2H3. The highest BCUT2D eigenvalue weighted by Crippen LogP contribution is 2.12. The minimum atomic E-state index is -2.20. The average molecular weight is 240 g/mol. The maximum absolute atomic E-state index is 13.5. The van der Waals surface area contributed by atoms with Gasteiger partial charge >= 0.3 is 0 Å². The van der Waals surface area contributed by atoms with E-state index in [4.69, 9.17) is 0 Å². The summed E-state index contributed by atoms with van der Waals surface area (Å²) in [5, 5.41) is 0. The molecule has 1 rings (SSSR count). The van der Waals surface area contributed by atoms with Crippen molar-refractivity contribution in [2.45, 2.75) is 26.4 Å². The van der Waals surface area contributed by atoms with Crippen LogP contribution in [0.1, 0.15) is 30.6 Å². The average Bonchev–Trinajstić information content (AvgIpc) is 2.26. The maximum atomic E-state index is 13.5. The summed E-state index contributed by atoms with van der Waals surface area (Å²) in [5.41, 5.74) is -0.116. The molecular weight excluding hydrogens is 226 g/mol. The van der Waals surface area contributed by atoms with Crippen molar-refractivity contribution < 1.29 is 18.4 Å². The fraction of sp³-hybridized carbons (Fsp3) is 0.385. The summed E-state index contributed by atoms with van der Waals surface area (Å²) in [5.74, 6) is -2.37. The molecule has 0 fully saturated rings. The number of Topliss-reactive ketones (excluding diaryl/α,β-unsaturated/α-hetero) is 2. The van der Waals surface area contributed by atoms with Crippen LogP contribution in [-0.2, 0) is 4.79 Å². The molecule has 0 amide bonds. The van der Waals surface area contributed by atoms with E-state index < -0.39 is 23.6 Å². The first-order valence-corrected chi connectivity index (χ1v) is 5.38. The minimum Gasteiger partial charge on any atom is -0.296 e. The van der Waals surface area contributed by atoms with Crippen LogP contribution in [0.3, 0.4) is 0 Å². The van der Waals surface area contributed by atoms with E-state index >= 15 is 0 Å². The van der Waals surface area contributed by atoms with Gasteiger partial charge in [0.2, 0.25) is 12.0 Å². The predicted octanol–water partition coefficient (Wildman–Crippen LogP) is 2.96. The zero-order valence-corrected chi connectivity index (χ0v) is 9.74. The molecule has 1 atom stereocenters. The van der Waals surface area contributed by atoms with E-state index in [1.54, 1.807) is 13.8 Å². The molecule has 1 unspecified atom stereocenters. The Morgan fingerprint density at radius 2 is 1.94 bits per heavy atom. The molecule has 0 heterocycles. The van der Waals surface area contributed by atoms with E-state index in [0.717, 1.165) is 12.1 Å². The van der Waals surface area contributed by atoms with Crippen LogP contribution in [0.2, 0.25) is 0 Å². The first-order valence-electron chi connectivity index (χ1n) is 5.38. The Bertz CT molecular complexity index is 427. The minimum absolute atomic E-state index is 0.00220. The molecule has 4 heteroatoms. The lowest BCUT2D eigenvalue weighted by atomic mass is 9.98. The first kappa shape index (κ1) is 13.5. The molecule has 17 heavy (non-hydrogen) atoms. The van der Waals surface area contributed by atoms with E-state index in [0.29, 0.717) is 0 Å². The number of hydrogen-bond acceptors (Lipinski definition) is 2. The van der Waals surface area contributed by atoms with Gasteiger partial charge in [0.05, 0.1) is 0 Å². The molecule has 0 spiro atoms. The van der Waals surface area contributed by atoms with Gasteiger partial charge in [-0.25, -0.2) is 8.78 Å². The second-order valence-electron chi connectivity index (χ2n) is 4.30. The van der Waals surface area contributed by atoms with Crippen molar-refractivity contribution in [1.29, 1.82) is 0 Å². The molecule has 0 saturated heterocycles. The molecule has 0 radical (unpaired) electrons. The summed E-state index contributed by atoms with van der Waals surface area (Å²) in [4.78, 5) is 22.9. The van der Waals surface area contributed by atoms with E-state index in [-0.39, 0.29) is 17.9 Å². The van der Waals surface area contributed by atoms with Crippen molar-refractivity contribution in [2.24, 2.45) is 5.92 Å². The molecule has 2 nitrogen and oxygen atoms in total. The van der Waals surface area contributed by atoms with Gasteiger partial charge in [0.25, 0.3) is 0 Å². The van der Waals surface area contributed by atoms with Crippen LogP contribution in [0.4, 0.5) is 8.78 Å². The highest BCUT2D eigenvalue weighted by Gasteiger charge is 2.27. The molecular formula is C13H14F2O2. The van der Waals surface area contributed by atoms with Gasteiger partial charge < -0.3 is 0 Å². The fourth-order valence-corrected chi connectivity index (χ4v) is 1.44. The highest BCUT2D eigenvalue weighted by molar-refractivity contribution is 6.13. The quantitative estimate of drug-likeness (QED) is 0.585. The number of halogens is 2. The third-order valence-electron chi connectivity index (χ3n) is 2.23. The Hall–Kier alpha value is -1.58. The Kier molecular flexibility index (Phi) is 4.49. The Labute approximate surface area is 98.6 Å². The maximum Gasteiger partial charge on any atom is 0.220 e. The predicted molar refractivity (Wildman–Crippen MR) is 60.1 cm³/mol. The molecule has 0 N–H and O–H groups in total. The van der Waals surface area contributed by atoms with Crippen LogP contribution in [0.25, 0.3) is 0 Å². The van der Waals surface area contributed by atoms with E-state index in [9.17, 15) is 18.4 Å². The van der Waals surface area contributed by atoms with Gasteiger partial charge in [-0.15, -0.1) is 0 Å². The molecule has 0 aliphatic heterocycles. The van der Waals surface area contributed by atoms with Crippen LogP contribution >= 0.6 is 0 Å². The van der Waals surface area contributed by atoms with Gasteiger partial charge in [-0.2, -0.15) is 0 Å². The number of alkyl halides is 1. The van der Waals surface area contributed by atoms with Gasteiger partial charge in [0.1, 0.15) is 5.82 Å². The number of rotatable bonds is 5. The summed E-state index contributed by atoms with van der Waals surface area (Å²) < 4.78 is 26.4. The monoisotopic (exact) mass is 240 g/mol. The summed E-state index contributed by atoms with van der Waals surface area (Å²) in [6.07, 6.45) is -2.19. The fourth-order valence-electron chi connectivity index (χ4n) is 1.44. The van der Waals surface area contributed by atoms with Crippen molar-refractivity contribution in [3.8, 4) is 0 Å². The van der Waals surface area contributed by atoms with Gasteiger partial charge in [-0.05, 0) is 18.1 Å². The summed E-state index contributed by atoms with van der Waals surface area (Å²) >= 11 is 0. The number of carbonyl (C=O) groups is 2. The third kappa shape index (κ3) is 3.73. The number of hydrogen-bond donors (Lipinski definition) is 0. The lowest BCUT2D eigenvalue weighted by Crippen LogP contribution is -2.26. The number of benzene rings is 1. The van der Waals surface area contributed by atoms with Gasteiger partial charge in [-0.1, -0.05) is 26.0 Å². The van der Waals surface area contributed by atoms with Crippen LogP contribution in [0, 0.1) is 11.7 Å². The van der Waals surface area contributed by atoms with Gasteiger partial charge in [0, 0.05) is 12.0 Å². The van der Waals surface area contributed by atoms with Crippen LogP contribution in [0.15, 0.2) is 24.3 Å². The van der Waals surface area contributed by atoms with Crippen LogP contribution < -0.4 is 0 Å². The van der Waals surface area contributed by atoms with Crippen molar-refractivity contribution in [3.05, 3.63) is 35.6 Å². The van der Waals surface area contributed by atoms with Crippen molar-refractivity contribution >= 4 is 11.6 Å².